The largest absolute Gasteiger partial charge is 0.496 e. The molecule has 2 N–H and O–H groups in total. The normalized spacial score (nSPS) is 25.0. The van der Waals surface area contributed by atoms with Crippen LogP contribution in [-0.4, -0.2) is 62.6 Å². The molecule has 1 saturated heterocycles. The smallest absolute Gasteiger partial charge is 0.122 e. The van der Waals surface area contributed by atoms with E-state index in [1.165, 1.54) is 5.56 Å². The lowest BCUT2D eigenvalue weighted by Gasteiger charge is -2.41. The Bertz CT molecular complexity index is 506. The standard InChI is InChI=1S/C16H24N2O3.ClH/c1-20-15-3-4-16(21-2)12-10-14(19)13(9-11(12)15)18-7-5-17-6-8-18;/h3-4,13-14,17,19H,5-10H2,1-2H3;1H/t13-,14-;/m1./s1. The number of halogens is 1. The second kappa shape index (κ2) is 7.51. The Balaban J connectivity index is 0.00000176. The third-order valence-electron chi connectivity index (χ3n) is 4.68. The predicted octanol–water partition coefficient (Wildman–Crippen LogP) is 0.859. The summed E-state index contributed by atoms with van der Waals surface area (Å²) >= 11 is 0. The van der Waals surface area contributed by atoms with Gasteiger partial charge in [0.05, 0.1) is 20.3 Å². The van der Waals surface area contributed by atoms with Gasteiger partial charge >= 0.3 is 0 Å². The molecule has 1 aliphatic carbocycles. The van der Waals surface area contributed by atoms with Crippen molar-refractivity contribution in [3.63, 3.8) is 0 Å². The van der Waals surface area contributed by atoms with E-state index in [2.05, 4.69) is 10.2 Å². The SMILES string of the molecule is COc1ccc(OC)c2c1C[C@@H](O)[C@H](N1CCNCC1)C2.Cl. The Hall–Kier alpha value is -1.01. The molecule has 0 saturated carbocycles. The van der Waals surface area contributed by atoms with Gasteiger partial charge < -0.3 is 19.9 Å². The van der Waals surface area contributed by atoms with E-state index >= 15 is 0 Å². The van der Waals surface area contributed by atoms with Crippen molar-refractivity contribution in [2.45, 2.75) is 25.0 Å². The van der Waals surface area contributed by atoms with E-state index < -0.39 is 0 Å². The van der Waals surface area contributed by atoms with Crippen LogP contribution >= 0.6 is 12.4 Å². The van der Waals surface area contributed by atoms with E-state index in [1.54, 1.807) is 14.2 Å². The van der Waals surface area contributed by atoms with Gasteiger partial charge in [-0.05, 0) is 18.6 Å². The van der Waals surface area contributed by atoms with Crippen LogP contribution in [0.25, 0.3) is 0 Å². The molecule has 6 heteroatoms. The molecule has 0 spiro atoms. The van der Waals surface area contributed by atoms with Crippen molar-refractivity contribution in [2.75, 3.05) is 40.4 Å². The second-order valence-electron chi connectivity index (χ2n) is 5.76. The van der Waals surface area contributed by atoms with Gasteiger partial charge in [-0.1, -0.05) is 0 Å². The van der Waals surface area contributed by atoms with E-state index in [4.69, 9.17) is 9.47 Å². The van der Waals surface area contributed by atoms with E-state index in [0.29, 0.717) is 6.42 Å². The van der Waals surface area contributed by atoms with Crippen molar-refractivity contribution in [3.05, 3.63) is 23.3 Å². The number of methoxy groups -OCH3 is 2. The quantitative estimate of drug-likeness (QED) is 0.862. The Labute approximate surface area is 138 Å². The highest BCUT2D eigenvalue weighted by Gasteiger charge is 2.35. The number of aliphatic hydroxyl groups excluding tert-OH is 1. The topological polar surface area (TPSA) is 54.0 Å². The number of hydrogen-bond acceptors (Lipinski definition) is 5. The van der Waals surface area contributed by atoms with Gasteiger partial charge in [-0.3, -0.25) is 4.90 Å². The molecule has 0 aromatic heterocycles. The zero-order valence-corrected chi connectivity index (χ0v) is 14.0. The number of fused-ring (bicyclic) bond motifs is 1. The molecule has 1 fully saturated rings. The van der Waals surface area contributed by atoms with E-state index in [-0.39, 0.29) is 24.6 Å². The number of ether oxygens (including phenoxy) is 2. The maximum atomic E-state index is 10.6. The molecule has 0 bridgehead atoms. The lowest BCUT2D eigenvalue weighted by molar-refractivity contribution is 0.0352. The van der Waals surface area contributed by atoms with Crippen LogP contribution in [0.5, 0.6) is 11.5 Å². The summed E-state index contributed by atoms with van der Waals surface area (Å²) in [5, 5.41) is 14.0. The van der Waals surface area contributed by atoms with Crippen LogP contribution in [0.15, 0.2) is 12.1 Å². The Morgan fingerprint density at radius 1 is 1.05 bits per heavy atom. The molecule has 1 heterocycles. The molecular weight excluding hydrogens is 304 g/mol. The van der Waals surface area contributed by atoms with Crippen molar-refractivity contribution in [1.29, 1.82) is 0 Å². The Morgan fingerprint density at radius 3 is 2.14 bits per heavy atom. The monoisotopic (exact) mass is 328 g/mol. The summed E-state index contributed by atoms with van der Waals surface area (Å²) in [6.45, 7) is 3.96. The van der Waals surface area contributed by atoms with E-state index in [0.717, 1.165) is 49.7 Å². The fourth-order valence-electron chi connectivity index (χ4n) is 3.56. The van der Waals surface area contributed by atoms with Gasteiger partial charge in [0, 0.05) is 49.8 Å². The second-order valence-corrected chi connectivity index (χ2v) is 5.76. The molecule has 124 valence electrons. The first-order valence-corrected chi connectivity index (χ1v) is 7.60. The summed E-state index contributed by atoms with van der Waals surface area (Å²) in [6.07, 6.45) is 1.10. The molecule has 1 aromatic rings. The van der Waals surface area contributed by atoms with Crippen LogP contribution < -0.4 is 14.8 Å². The summed E-state index contributed by atoms with van der Waals surface area (Å²) in [5.74, 6) is 1.75. The molecule has 22 heavy (non-hydrogen) atoms. The molecule has 0 unspecified atom stereocenters. The third kappa shape index (κ3) is 3.18. The van der Waals surface area contributed by atoms with Crippen LogP contribution in [0.4, 0.5) is 0 Å². The van der Waals surface area contributed by atoms with Gasteiger partial charge in [-0.2, -0.15) is 0 Å². The van der Waals surface area contributed by atoms with Crippen molar-refractivity contribution >= 4 is 12.4 Å². The highest BCUT2D eigenvalue weighted by atomic mass is 35.5. The summed E-state index contributed by atoms with van der Waals surface area (Å²) in [5.41, 5.74) is 2.28. The number of aliphatic hydroxyl groups is 1. The van der Waals surface area contributed by atoms with Crippen molar-refractivity contribution in [2.24, 2.45) is 0 Å². The van der Waals surface area contributed by atoms with Gasteiger partial charge in [-0.15, -0.1) is 12.4 Å². The summed E-state index contributed by atoms with van der Waals surface area (Å²) in [7, 11) is 3.38. The maximum Gasteiger partial charge on any atom is 0.122 e. The van der Waals surface area contributed by atoms with Crippen LogP contribution in [0.3, 0.4) is 0 Å². The van der Waals surface area contributed by atoms with Crippen molar-refractivity contribution in [1.82, 2.24) is 10.2 Å². The summed E-state index contributed by atoms with van der Waals surface area (Å²) in [6, 6.07) is 4.06. The average molecular weight is 329 g/mol. The Morgan fingerprint density at radius 2 is 1.59 bits per heavy atom. The molecule has 5 nitrogen and oxygen atoms in total. The molecule has 2 atom stereocenters. The summed E-state index contributed by atoms with van der Waals surface area (Å²) < 4.78 is 11.0. The number of rotatable bonds is 3. The Kier molecular flexibility index (Phi) is 5.92. The molecule has 0 amide bonds. The lowest BCUT2D eigenvalue weighted by atomic mass is 9.84. The fraction of sp³-hybridized carbons (Fsp3) is 0.625. The fourth-order valence-corrected chi connectivity index (χ4v) is 3.56. The number of nitrogens with zero attached hydrogens (tertiary/aromatic N) is 1. The third-order valence-corrected chi connectivity index (χ3v) is 4.68. The van der Waals surface area contributed by atoms with Gasteiger partial charge in [0.2, 0.25) is 0 Å². The molecular formula is C16H25ClN2O3. The zero-order valence-electron chi connectivity index (χ0n) is 13.2. The molecule has 3 rings (SSSR count). The minimum atomic E-state index is -0.350. The van der Waals surface area contributed by atoms with E-state index in [9.17, 15) is 5.11 Å². The average Bonchev–Trinajstić information content (AvgIpc) is 2.54. The zero-order chi connectivity index (χ0) is 14.8. The minimum Gasteiger partial charge on any atom is -0.496 e. The maximum absolute atomic E-state index is 10.6. The number of hydrogen-bond donors (Lipinski definition) is 2. The lowest BCUT2D eigenvalue weighted by Crippen LogP contribution is -2.55. The highest BCUT2D eigenvalue weighted by molar-refractivity contribution is 5.85. The number of nitrogens with one attached hydrogen (secondary N) is 1. The van der Waals surface area contributed by atoms with Gasteiger partial charge in [-0.25, -0.2) is 0 Å². The van der Waals surface area contributed by atoms with Crippen LogP contribution in [-0.2, 0) is 12.8 Å². The summed E-state index contributed by atoms with van der Waals surface area (Å²) in [4.78, 5) is 2.39. The molecule has 2 aliphatic rings. The van der Waals surface area contributed by atoms with Crippen LogP contribution in [0.1, 0.15) is 11.1 Å². The molecule has 1 aromatic carbocycles. The minimum absolute atomic E-state index is 0. The first-order valence-electron chi connectivity index (χ1n) is 7.60. The number of benzene rings is 1. The first kappa shape index (κ1) is 17.3. The highest BCUT2D eigenvalue weighted by Crippen LogP contribution is 2.37. The predicted molar refractivity (Wildman–Crippen MR) is 88.4 cm³/mol. The van der Waals surface area contributed by atoms with Gasteiger partial charge in [0.15, 0.2) is 0 Å². The van der Waals surface area contributed by atoms with E-state index in [1.807, 2.05) is 12.1 Å². The molecule has 1 aliphatic heterocycles. The van der Waals surface area contributed by atoms with Crippen LogP contribution in [0, 0.1) is 0 Å². The van der Waals surface area contributed by atoms with Crippen molar-refractivity contribution in [3.8, 4) is 11.5 Å². The first-order chi connectivity index (χ1) is 10.2. The number of piperazine rings is 1. The van der Waals surface area contributed by atoms with Crippen LogP contribution in [0.2, 0.25) is 0 Å². The van der Waals surface area contributed by atoms with Crippen molar-refractivity contribution < 1.29 is 14.6 Å². The molecule has 0 radical (unpaired) electrons. The van der Waals surface area contributed by atoms with Gasteiger partial charge in [0.25, 0.3) is 0 Å². The van der Waals surface area contributed by atoms with Gasteiger partial charge in [0.1, 0.15) is 11.5 Å².